The molecule has 94 valence electrons. The molecule has 2 amide bonds. The van der Waals surface area contributed by atoms with Gasteiger partial charge in [-0.1, -0.05) is 6.42 Å². The van der Waals surface area contributed by atoms with Gasteiger partial charge in [-0.3, -0.25) is 9.69 Å². The van der Waals surface area contributed by atoms with Gasteiger partial charge in [-0.2, -0.15) is 0 Å². The SMILES string of the molecule is O=CC1CCCCN1CC(=O)N1CCOC1=O. The summed E-state index contributed by atoms with van der Waals surface area (Å²) in [5.74, 6) is -0.277. The summed E-state index contributed by atoms with van der Waals surface area (Å²) in [5, 5.41) is 0. The summed E-state index contributed by atoms with van der Waals surface area (Å²) >= 11 is 0. The Hall–Kier alpha value is -1.43. The second-order valence-electron chi connectivity index (χ2n) is 4.33. The fourth-order valence-electron chi connectivity index (χ4n) is 2.25. The van der Waals surface area contributed by atoms with Gasteiger partial charge < -0.3 is 9.53 Å². The summed E-state index contributed by atoms with van der Waals surface area (Å²) in [6.45, 7) is 1.44. The molecular formula is C11H16N2O4. The number of likely N-dealkylation sites (tertiary alicyclic amines) is 1. The summed E-state index contributed by atoms with van der Waals surface area (Å²) in [6.07, 6.45) is 3.10. The van der Waals surface area contributed by atoms with Crippen LogP contribution in [0.4, 0.5) is 4.79 Å². The van der Waals surface area contributed by atoms with E-state index in [0.717, 1.165) is 37.0 Å². The first-order valence-corrected chi connectivity index (χ1v) is 5.89. The molecule has 2 fully saturated rings. The first-order valence-electron chi connectivity index (χ1n) is 5.89. The molecule has 6 nitrogen and oxygen atoms in total. The summed E-state index contributed by atoms with van der Waals surface area (Å²) < 4.78 is 4.71. The van der Waals surface area contributed by atoms with Crippen LogP contribution in [0.5, 0.6) is 0 Å². The normalized spacial score (nSPS) is 25.8. The van der Waals surface area contributed by atoms with E-state index >= 15 is 0 Å². The maximum Gasteiger partial charge on any atom is 0.416 e. The van der Waals surface area contributed by atoms with Crippen LogP contribution in [0, 0.1) is 0 Å². The Balaban J connectivity index is 1.92. The van der Waals surface area contributed by atoms with E-state index < -0.39 is 6.09 Å². The van der Waals surface area contributed by atoms with Crippen LogP contribution in [0.1, 0.15) is 19.3 Å². The largest absolute Gasteiger partial charge is 0.447 e. The number of nitrogens with zero attached hydrogens (tertiary/aromatic N) is 2. The number of carbonyl (C=O) groups is 3. The maximum atomic E-state index is 11.9. The number of aldehydes is 1. The molecule has 2 saturated heterocycles. The third-order valence-corrected chi connectivity index (χ3v) is 3.22. The average Bonchev–Trinajstić information content (AvgIpc) is 2.76. The van der Waals surface area contributed by atoms with Crippen molar-refractivity contribution >= 4 is 18.3 Å². The van der Waals surface area contributed by atoms with Gasteiger partial charge in [0.05, 0.1) is 19.1 Å². The highest BCUT2D eigenvalue weighted by atomic mass is 16.6. The lowest BCUT2D eigenvalue weighted by atomic mass is 10.0. The second-order valence-corrected chi connectivity index (χ2v) is 4.33. The van der Waals surface area contributed by atoms with E-state index in [9.17, 15) is 14.4 Å². The molecule has 0 bridgehead atoms. The lowest BCUT2D eigenvalue weighted by Gasteiger charge is -2.32. The van der Waals surface area contributed by atoms with E-state index in [1.54, 1.807) is 0 Å². The number of ether oxygens (including phenoxy) is 1. The summed E-state index contributed by atoms with van der Waals surface area (Å²) in [7, 11) is 0. The third kappa shape index (κ3) is 2.63. The number of rotatable bonds is 3. The quantitative estimate of drug-likeness (QED) is 0.650. The van der Waals surface area contributed by atoms with Gasteiger partial charge in [0.2, 0.25) is 5.91 Å². The van der Waals surface area contributed by atoms with Crippen molar-refractivity contribution in [1.82, 2.24) is 9.80 Å². The minimum atomic E-state index is -0.574. The van der Waals surface area contributed by atoms with Crippen molar-refractivity contribution in [3.8, 4) is 0 Å². The van der Waals surface area contributed by atoms with E-state index in [2.05, 4.69) is 0 Å². The van der Waals surface area contributed by atoms with Gasteiger partial charge in [-0.15, -0.1) is 0 Å². The summed E-state index contributed by atoms with van der Waals surface area (Å²) in [4.78, 5) is 36.9. The van der Waals surface area contributed by atoms with Crippen molar-refractivity contribution in [2.75, 3.05) is 26.2 Å². The molecular weight excluding hydrogens is 224 g/mol. The molecule has 0 aliphatic carbocycles. The minimum absolute atomic E-state index is 0.124. The topological polar surface area (TPSA) is 66.9 Å². The molecule has 2 aliphatic rings. The fourth-order valence-corrected chi connectivity index (χ4v) is 2.25. The summed E-state index contributed by atoms with van der Waals surface area (Å²) in [5.41, 5.74) is 0. The van der Waals surface area contributed by atoms with Crippen molar-refractivity contribution in [2.45, 2.75) is 25.3 Å². The van der Waals surface area contributed by atoms with Crippen molar-refractivity contribution in [3.63, 3.8) is 0 Å². The molecule has 0 radical (unpaired) electrons. The smallest absolute Gasteiger partial charge is 0.416 e. The number of cyclic esters (lactones) is 1. The molecule has 1 unspecified atom stereocenters. The van der Waals surface area contributed by atoms with Gasteiger partial charge >= 0.3 is 6.09 Å². The van der Waals surface area contributed by atoms with Crippen molar-refractivity contribution in [2.24, 2.45) is 0 Å². The fraction of sp³-hybridized carbons (Fsp3) is 0.727. The average molecular weight is 240 g/mol. The molecule has 0 N–H and O–H groups in total. The molecule has 0 spiro atoms. The van der Waals surface area contributed by atoms with Crippen LogP contribution in [0.15, 0.2) is 0 Å². The Kier molecular flexibility index (Phi) is 3.73. The molecule has 0 aromatic carbocycles. The standard InChI is InChI=1S/C11H16N2O4/c14-8-9-3-1-2-4-12(9)7-10(15)13-5-6-17-11(13)16/h8-9H,1-7H2. The Bertz CT molecular complexity index is 331. The lowest BCUT2D eigenvalue weighted by molar-refractivity contribution is -0.130. The Morgan fingerprint density at radius 1 is 1.41 bits per heavy atom. The van der Waals surface area contributed by atoms with Gasteiger partial charge in [-0.05, 0) is 19.4 Å². The molecule has 1 atom stereocenters. The number of hydrogen-bond donors (Lipinski definition) is 0. The lowest BCUT2D eigenvalue weighted by Crippen LogP contribution is -2.47. The highest BCUT2D eigenvalue weighted by Gasteiger charge is 2.31. The Morgan fingerprint density at radius 2 is 2.24 bits per heavy atom. The van der Waals surface area contributed by atoms with E-state index in [-0.39, 0.29) is 25.1 Å². The zero-order chi connectivity index (χ0) is 12.3. The van der Waals surface area contributed by atoms with E-state index in [0.29, 0.717) is 6.54 Å². The molecule has 6 heteroatoms. The molecule has 2 heterocycles. The van der Waals surface area contributed by atoms with Crippen molar-refractivity contribution in [3.05, 3.63) is 0 Å². The van der Waals surface area contributed by atoms with Crippen LogP contribution in [0.2, 0.25) is 0 Å². The number of hydrogen-bond acceptors (Lipinski definition) is 5. The van der Waals surface area contributed by atoms with E-state index in [1.807, 2.05) is 4.90 Å². The van der Waals surface area contributed by atoms with Crippen LogP contribution >= 0.6 is 0 Å². The van der Waals surface area contributed by atoms with Gasteiger partial charge in [-0.25, -0.2) is 9.69 Å². The molecule has 0 aromatic heterocycles. The molecule has 0 aromatic rings. The number of imide groups is 1. The first-order chi connectivity index (χ1) is 8.22. The van der Waals surface area contributed by atoms with E-state index in [4.69, 9.17) is 4.74 Å². The molecule has 2 rings (SSSR count). The minimum Gasteiger partial charge on any atom is -0.447 e. The van der Waals surface area contributed by atoms with E-state index in [1.165, 1.54) is 0 Å². The van der Waals surface area contributed by atoms with Gasteiger partial charge in [0.25, 0.3) is 0 Å². The second kappa shape index (κ2) is 5.27. The van der Waals surface area contributed by atoms with Crippen molar-refractivity contribution < 1.29 is 19.1 Å². The first kappa shape index (κ1) is 12.0. The number of piperidine rings is 1. The zero-order valence-corrected chi connectivity index (χ0v) is 9.63. The highest BCUT2D eigenvalue weighted by Crippen LogP contribution is 2.16. The zero-order valence-electron chi connectivity index (χ0n) is 9.63. The van der Waals surface area contributed by atoms with Crippen LogP contribution in [-0.4, -0.2) is 60.4 Å². The molecule has 17 heavy (non-hydrogen) atoms. The number of carbonyl (C=O) groups excluding carboxylic acids is 3. The number of amides is 2. The van der Waals surface area contributed by atoms with Crippen LogP contribution < -0.4 is 0 Å². The van der Waals surface area contributed by atoms with Crippen molar-refractivity contribution in [1.29, 1.82) is 0 Å². The maximum absolute atomic E-state index is 11.9. The summed E-state index contributed by atoms with van der Waals surface area (Å²) in [6, 6.07) is -0.189. The predicted molar refractivity (Wildman–Crippen MR) is 58.3 cm³/mol. The Labute approximate surface area is 99.5 Å². The Morgan fingerprint density at radius 3 is 2.88 bits per heavy atom. The van der Waals surface area contributed by atoms with Crippen LogP contribution in [0.25, 0.3) is 0 Å². The van der Waals surface area contributed by atoms with Crippen LogP contribution in [0.3, 0.4) is 0 Å². The monoisotopic (exact) mass is 240 g/mol. The van der Waals surface area contributed by atoms with Gasteiger partial charge in [0, 0.05) is 0 Å². The molecule has 2 aliphatic heterocycles. The van der Waals surface area contributed by atoms with Gasteiger partial charge in [0.15, 0.2) is 0 Å². The highest BCUT2D eigenvalue weighted by molar-refractivity contribution is 5.94. The predicted octanol–water partition coefficient (Wildman–Crippen LogP) is 0.0186. The van der Waals surface area contributed by atoms with Crippen LogP contribution in [-0.2, 0) is 14.3 Å². The molecule has 0 saturated carbocycles. The third-order valence-electron chi connectivity index (χ3n) is 3.22. The van der Waals surface area contributed by atoms with Gasteiger partial charge in [0.1, 0.15) is 12.9 Å².